The van der Waals surface area contributed by atoms with Crippen LogP contribution >= 0.6 is 0 Å². The van der Waals surface area contributed by atoms with Crippen LogP contribution in [0.5, 0.6) is 0 Å². The van der Waals surface area contributed by atoms with E-state index in [2.05, 4.69) is 15.6 Å². The Morgan fingerprint density at radius 2 is 2.33 bits per heavy atom. The van der Waals surface area contributed by atoms with Crippen molar-refractivity contribution >= 4 is 17.3 Å². The number of benzene rings is 1. The van der Waals surface area contributed by atoms with E-state index in [1.807, 2.05) is 7.05 Å². The van der Waals surface area contributed by atoms with Crippen LogP contribution in [0, 0.1) is 10.1 Å². The summed E-state index contributed by atoms with van der Waals surface area (Å²) in [6, 6.07) is 4.39. The molecule has 2 rings (SSSR count). The molecule has 1 unspecified atom stereocenters. The van der Waals surface area contributed by atoms with E-state index in [1.54, 1.807) is 0 Å². The molecular weight excluding hydrogens is 274 g/mol. The smallest absolute Gasteiger partial charge is 0.282 e. The summed E-state index contributed by atoms with van der Waals surface area (Å²) in [5, 5.41) is 13.8. The zero-order valence-electron chi connectivity index (χ0n) is 11.8. The van der Waals surface area contributed by atoms with Crippen LogP contribution in [0.3, 0.4) is 0 Å². The lowest BCUT2D eigenvalue weighted by Gasteiger charge is -2.19. The van der Waals surface area contributed by atoms with Crippen molar-refractivity contribution < 1.29 is 9.72 Å². The molecule has 1 aliphatic rings. The second kappa shape index (κ2) is 6.51. The lowest BCUT2D eigenvalue weighted by molar-refractivity contribution is -0.385. The number of hydrazine groups is 1. The molecule has 0 bridgehead atoms. The van der Waals surface area contributed by atoms with Gasteiger partial charge in [0.25, 0.3) is 11.6 Å². The molecule has 1 fully saturated rings. The van der Waals surface area contributed by atoms with E-state index in [4.69, 9.17) is 5.84 Å². The first kappa shape index (κ1) is 15.2. The summed E-state index contributed by atoms with van der Waals surface area (Å²) in [5.74, 6) is 4.82. The number of amides is 1. The summed E-state index contributed by atoms with van der Waals surface area (Å²) in [4.78, 5) is 24.8. The molecule has 1 amide bonds. The van der Waals surface area contributed by atoms with Gasteiger partial charge in [0, 0.05) is 24.3 Å². The third kappa shape index (κ3) is 3.47. The number of likely N-dealkylation sites (N-methyl/N-ethyl adjacent to an activating group) is 1. The fraction of sp³-hybridized carbons (Fsp3) is 0.462. The fourth-order valence-corrected chi connectivity index (χ4v) is 2.51. The third-order valence-corrected chi connectivity index (χ3v) is 3.77. The number of anilines is 1. The normalized spacial score (nSPS) is 18.5. The molecule has 0 saturated carbocycles. The minimum Gasteiger partial charge on any atom is -0.350 e. The number of hydrogen-bond donors (Lipinski definition) is 3. The average Bonchev–Trinajstić information content (AvgIpc) is 2.89. The standard InChI is InChI=1S/C13H19N5O3/c1-17-6-2-3-10(17)8-15-13(19)11-7-9(16-14)4-5-12(11)18(20)21/h4-5,7,10,16H,2-3,6,8,14H2,1H3,(H,15,19). The first-order chi connectivity index (χ1) is 10.0. The Kier molecular flexibility index (Phi) is 4.71. The summed E-state index contributed by atoms with van der Waals surface area (Å²) < 4.78 is 0. The number of carbonyl (C=O) groups is 1. The number of rotatable bonds is 5. The van der Waals surface area contributed by atoms with Crippen molar-refractivity contribution in [2.24, 2.45) is 5.84 Å². The molecule has 1 aromatic rings. The highest BCUT2D eigenvalue weighted by Crippen LogP contribution is 2.22. The molecule has 8 nitrogen and oxygen atoms in total. The average molecular weight is 293 g/mol. The first-order valence-corrected chi connectivity index (χ1v) is 6.76. The number of nitrogen functional groups attached to an aromatic ring is 1. The topological polar surface area (TPSA) is 114 Å². The first-order valence-electron chi connectivity index (χ1n) is 6.76. The molecule has 1 aliphatic heterocycles. The molecule has 1 atom stereocenters. The van der Waals surface area contributed by atoms with Crippen molar-refractivity contribution in [2.45, 2.75) is 18.9 Å². The van der Waals surface area contributed by atoms with Crippen molar-refractivity contribution in [1.82, 2.24) is 10.2 Å². The Morgan fingerprint density at radius 3 is 2.90 bits per heavy atom. The molecule has 0 radical (unpaired) electrons. The van der Waals surface area contributed by atoms with Crippen LogP contribution in [-0.4, -0.2) is 41.9 Å². The highest BCUT2D eigenvalue weighted by molar-refractivity contribution is 5.99. The maximum Gasteiger partial charge on any atom is 0.282 e. The number of nitro benzene ring substituents is 1. The molecule has 8 heteroatoms. The lowest BCUT2D eigenvalue weighted by Crippen LogP contribution is -2.38. The maximum atomic E-state index is 12.2. The van der Waals surface area contributed by atoms with Gasteiger partial charge in [0.1, 0.15) is 5.56 Å². The van der Waals surface area contributed by atoms with E-state index in [-0.39, 0.29) is 17.3 Å². The highest BCUT2D eigenvalue weighted by atomic mass is 16.6. The number of nitro groups is 1. The van der Waals surface area contributed by atoms with Crippen molar-refractivity contribution in [3.05, 3.63) is 33.9 Å². The van der Waals surface area contributed by atoms with Crippen LogP contribution in [0.4, 0.5) is 11.4 Å². The SMILES string of the molecule is CN1CCCC1CNC(=O)c1cc(NN)ccc1[N+](=O)[O-]. The van der Waals surface area contributed by atoms with Gasteiger partial charge in [-0.25, -0.2) is 0 Å². The second-order valence-electron chi connectivity index (χ2n) is 5.12. The Bertz CT molecular complexity index is 549. The Balaban J connectivity index is 2.11. The predicted octanol–water partition coefficient (Wildman–Crippen LogP) is 0.704. The van der Waals surface area contributed by atoms with E-state index in [9.17, 15) is 14.9 Å². The molecule has 1 saturated heterocycles. The van der Waals surface area contributed by atoms with E-state index in [1.165, 1.54) is 18.2 Å². The summed E-state index contributed by atoms with van der Waals surface area (Å²) in [5.41, 5.74) is 2.61. The molecule has 21 heavy (non-hydrogen) atoms. The highest BCUT2D eigenvalue weighted by Gasteiger charge is 2.24. The van der Waals surface area contributed by atoms with E-state index < -0.39 is 10.8 Å². The lowest BCUT2D eigenvalue weighted by atomic mass is 10.1. The van der Waals surface area contributed by atoms with Gasteiger partial charge in [0.05, 0.1) is 4.92 Å². The Hall–Kier alpha value is -2.19. The van der Waals surface area contributed by atoms with Crippen molar-refractivity contribution in [3.8, 4) is 0 Å². The summed E-state index contributed by atoms with van der Waals surface area (Å²) >= 11 is 0. The summed E-state index contributed by atoms with van der Waals surface area (Å²) in [6.07, 6.45) is 2.12. The largest absolute Gasteiger partial charge is 0.350 e. The zero-order valence-corrected chi connectivity index (χ0v) is 11.8. The third-order valence-electron chi connectivity index (χ3n) is 3.77. The van der Waals surface area contributed by atoms with Crippen LogP contribution in [0.15, 0.2) is 18.2 Å². The van der Waals surface area contributed by atoms with Gasteiger partial charge in [-0.3, -0.25) is 20.8 Å². The van der Waals surface area contributed by atoms with Crippen LogP contribution < -0.4 is 16.6 Å². The van der Waals surface area contributed by atoms with Gasteiger partial charge in [-0.1, -0.05) is 0 Å². The van der Waals surface area contributed by atoms with Gasteiger partial charge in [0.2, 0.25) is 0 Å². The molecular formula is C13H19N5O3. The molecule has 0 aliphatic carbocycles. The van der Waals surface area contributed by atoms with Crippen molar-refractivity contribution in [2.75, 3.05) is 25.6 Å². The van der Waals surface area contributed by atoms with E-state index in [0.29, 0.717) is 12.2 Å². The Labute approximate surface area is 122 Å². The van der Waals surface area contributed by atoms with Gasteiger partial charge >= 0.3 is 0 Å². The molecule has 0 aromatic heterocycles. The number of nitrogens with zero attached hydrogens (tertiary/aromatic N) is 2. The molecule has 0 spiro atoms. The van der Waals surface area contributed by atoms with Gasteiger partial charge in [0.15, 0.2) is 0 Å². The van der Waals surface area contributed by atoms with Crippen LogP contribution in [-0.2, 0) is 0 Å². The minimum atomic E-state index is -0.573. The van der Waals surface area contributed by atoms with Crippen LogP contribution in [0.1, 0.15) is 23.2 Å². The van der Waals surface area contributed by atoms with Crippen LogP contribution in [0.25, 0.3) is 0 Å². The van der Waals surface area contributed by atoms with Crippen molar-refractivity contribution in [1.29, 1.82) is 0 Å². The monoisotopic (exact) mass is 293 g/mol. The van der Waals surface area contributed by atoms with Gasteiger partial charge in [-0.05, 0) is 38.6 Å². The quantitative estimate of drug-likeness (QED) is 0.418. The van der Waals surface area contributed by atoms with Crippen LogP contribution in [0.2, 0.25) is 0 Å². The van der Waals surface area contributed by atoms with Crippen molar-refractivity contribution in [3.63, 3.8) is 0 Å². The van der Waals surface area contributed by atoms with E-state index in [0.717, 1.165) is 19.4 Å². The molecule has 4 N–H and O–H groups in total. The molecule has 1 heterocycles. The predicted molar refractivity (Wildman–Crippen MR) is 78.9 cm³/mol. The maximum absolute atomic E-state index is 12.2. The number of hydrogen-bond acceptors (Lipinski definition) is 6. The molecule has 114 valence electrons. The number of carbonyl (C=O) groups excluding carboxylic acids is 1. The second-order valence-corrected chi connectivity index (χ2v) is 5.12. The Morgan fingerprint density at radius 1 is 1.57 bits per heavy atom. The minimum absolute atomic E-state index is 0.0103. The number of nitrogens with one attached hydrogen (secondary N) is 2. The van der Waals surface area contributed by atoms with E-state index >= 15 is 0 Å². The zero-order chi connectivity index (χ0) is 15.4. The fourth-order valence-electron chi connectivity index (χ4n) is 2.51. The van der Waals surface area contributed by atoms with Gasteiger partial charge in [-0.15, -0.1) is 0 Å². The number of likely N-dealkylation sites (tertiary alicyclic amines) is 1. The van der Waals surface area contributed by atoms with Gasteiger partial charge < -0.3 is 15.6 Å². The summed E-state index contributed by atoms with van der Waals surface area (Å²) in [6.45, 7) is 1.49. The molecule has 1 aromatic carbocycles. The van der Waals surface area contributed by atoms with Gasteiger partial charge in [-0.2, -0.15) is 0 Å². The number of nitrogens with two attached hydrogens (primary N) is 1. The summed E-state index contributed by atoms with van der Waals surface area (Å²) in [7, 11) is 2.01.